The average Bonchev–Trinajstić information content (AvgIpc) is 2.86. The van der Waals surface area contributed by atoms with Gasteiger partial charge in [0.15, 0.2) is 0 Å². The van der Waals surface area contributed by atoms with Crippen LogP contribution < -0.4 is 10.2 Å². The Labute approximate surface area is 201 Å². The van der Waals surface area contributed by atoms with Gasteiger partial charge in [-0.25, -0.2) is 0 Å². The number of hydrogen-bond acceptors (Lipinski definition) is 3. The van der Waals surface area contributed by atoms with E-state index in [2.05, 4.69) is 90.8 Å². The van der Waals surface area contributed by atoms with Crippen molar-refractivity contribution in [3.05, 3.63) is 94.5 Å². The van der Waals surface area contributed by atoms with E-state index >= 15 is 0 Å². The number of hydrogen-bond donors (Lipinski definition) is 1. The highest BCUT2D eigenvalue weighted by molar-refractivity contribution is 8.13. The lowest BCUT2D eigenvalue weighted by molar-refractivity contribution is 0.269. The summed E-state index contributed by atoms with van der Waals surface area (Å²) in [5, 5.41) is 3.30. The molecule has 0 aliphatic carbocycles. The summed E-state index contributed by atoms with van der Waals surface area (Å²) in [6.45, 7) is 6.47. The molecule has 2 aliphatic rings. The zero-order valence-electron chi connectivity index (χ0n) is 19.5. The molecular formula is C29H32N2OS. The normalized spacial score (nSPS) is 19.2. The van der Waals surface area contributed by atoms with Gasteiger partial charge >= 0.3 is 0 Å². The van der Waals surface area contributed by atoms with Crippen LogP contribution in [0.25, 0.3) is 0 Å². The Hall–Kier alpha value is -2.72. The van der Waals surface area contributed by atoms with Gasteiger partial charge in [0.1, 0.15) is 0 Å². The fourth-order valence-electron chi connectivity index (χ4n) is 5.58. The van der Waals surface area contributed by atoms with Gasteiger partial charge in [-0.1, -0.05) is 79.3 Å². The van der Waals surface area contributed by atoms with Crippen LogP contribution in [-0.2, 0) is 0 Å². The Morgan fingerprint density at radius 1 is 0.970 bits per heavy atom. The molecule has 33 heavy (non-hydrogen) atoms. The third-order valence-electron chi connectivity index (χ3n) is 7.13. The zero-order valence-corrected chi connectivity index (χ0v) is 20.3. The van der Waals surface area contributed by atoms with Gasteiger partial charge in [0.25, 0.3) is 5.24 Å². The maximum atomic E-state index is 12.7. The molecule has 3 aromatic rings. The molecule has 5 rings (SSSR count). The highest BCUT2D eigenvalue weighted by Gasteiger charge is 2.36. The first kappa shape index (κ1) is 22.1. The Morgan fingerprint density at radius 3 is 2.21 bits per heavy atom. The van der Waals surface area contributed by atoms with Crippen LogP contribution in [0.4, 0.5) is 16.2 Å². The number of carbonyl (C=O) groups is 1. The zero-order chi connectivity index (χ0) is 22.8. The quantitative estimate of drug-likeness (QED) is 0.430. The van der Waals surface area contributed by atoms with Gasteiger partial charge in [-0.3, -0.25) is 4.79 Å². The number of carbonyl (C=O) groups excluding carboxylic acids is 1. The van der Waals surface area contributed by atoms with Crippen LogP contribution in [0.3, 0.4) is 0 Å². The molecule has 0 radical (unpaired) electrons. The van der Waals surface area contributed by atoms with E-state index in [-0.39, 0.29) is 5.24 Å². The topological polar surface area (TPSA) is 32.3 Å². The minimum absolute atomic E-state index is 0.0445. The van der Waals surface area contributed by atoms with E-state index in [9.17, 15) is 4.79 Å². The van der Waals surface area contributed by atoms with Crippen molar-refractivity contribution in [2.24, 2.45) is 0 Å². The molecule has 2 atom stereocenters. The summed E-state index contributed by atoms with van der Waals surface area (Å²) in [4.78, 5) is 15.3. The second kappa shape index (κ2) is 9.64. The van der Waals surface area contributed by atoms with E-state index in [4.69, 9.17) is 0 Å². The number of rotatable bonds is 5. The summed E-state index contributed by atoms with van der Waals surface area (Å²) in [6.07, 6.45) is 3.20. The van der Waals surface area contributed by atoms with Crippen LogP contribution in [0.15, 0.2) is 66.7 Å². The second-order valence-electron chi connectivity index (χ2n) is 9.15. The molecule has 0 spiro atoms. The summed E-state index contributed by atoms with van der Waals surface area (Å²) >= 11 is 1.38. The van der Waals surface area contributed by atoms with Crippen LogP contribution in [0.1, 0.15) is 65.8 Å². The highest BCUT2D eigenvalue weighted by atomic mass is 32.2. The molecule has 0 fully saturated rings. The Bertz CT molecular complexity index is 1130. The van der Waals surface area contributed by atoms with Gasteiger partial charge in [0, 0.05) is 42.1 Å². The summed E-state index contributed by atoms with van der Waals surface area (Å²) in [6, 6.07) is 24.0. The number of benzene rings is 3. The lowest BCUT2D eigenvalue weighted by Gasteiger charge is -2.44. The Morgan fingerprint density at radius 2 is 1.58 bits per heavy atom. The number of nitrogens with one attached hydrogen (secondary N) is 1. The van der Waals surface area contributed by atoms with Crippen molar-refractivity contribution in [3.8, 4) is 0 Å². The third-order valence-corrected chi connectivity index (χ3v) is 8.11. The molecule has 1 amide bonds. The van der Waals surface area contributed by atoms with Crippen LogP contribution in [0, 0.1) is 6.92 Å². The maximum Gasteiger partial charge on any atom is 0.283 e. The minimum atomic E-state index is 0.0445. The summed E-state index contributed by atoms with van der Waals surface area (Å²) in [5.74, 6) is 1.55. The van der Waals surface area contributed by atoms with E-state index in [1.807, 2.05) is 0 Å². The monoisotopic (exact) mass is 456 g/mol. The van der Waals surface area contributed by atoms with Crippen LogP contribution in [0.5, 0.6) is 0 Å². The van der Waals surface area contributed by atoms with Crippen molar-refractivity contribution in [1.29, 1.82) is 0 Å². The highest BCUT2D eigenvalue weighted by Crippen LogP contribution is 2.51. The largest absolute Gasteiger partial charge is 0.371 e. The fraction of sp³-hybridized carbons (Fsp3) is 0.345. The molecule has 0 saturated heterocycles. The van der Waals surface area contributed by atoms with Gasteiger partial charge < -0.3 is 10.2 Å². The minimum Gasteiger partial charge on any atom is -0.371 e. The van der Waals surface area contributed by atoms with Gasteiger partial charge in [-0.15, -0.1) is 0 Å². The van der Waals surface area contributed by atoms with Crippen molar-refractivity contribution in [2.45, 2.75) is 44.9 Å². The van der Waals surface area contributed by atoms with E-state index in [1.165, 1.54) is 45.3 Å². The lowest BCUT2D eigenvalue weighted by atomic mass is 9.74. The molecule has 1 N–H and O–H groups in total. The average molecular weight is 457 g/mol. The van der Waals surface area contributed by atoms with Gasteiger partial charge in [0.05, 0.1) is 0 Å². The molecular weight excluding hydrogens is 424 g/mol. The molecule has 2 aliphatic heterocycles. The molecule has 0 unspecified atom stereocenters. The molecule has 170 valence electrons. The molecule has 0 bridgehead atoms. The van der Waals surface area contributed by atoms with Crippen molar-refractivity contribution in [1.82, 2.24) is 0 Å². The van der Waals surface area contributed by atoms with E-state index < -0.39 is 0 Å². The Kier molecular flexibility index (Phi) is 6.45. The predicted octanol–water partition coefficient (Wildman–Crippen LogP) is 7.55. The van der Waals surface area contributed by atoms with Gasteiger partial charge in [-0.05, 0) is 60.1 Å². The number of nitrogens with zero attached hydrogens (tertiary/aromatic N) is 1. The van der Waals surface area contributed by atoms with E-state index in [0.29, 0.717) is 11.8 Å². The fourth-order valence-corrected chi connectivity index (χ4v) is 6.15. The number of thioether (sulfide) groups is 1. The van der Waals surface area contributed by atoms with Crippen molar-refractivity contribution < 1.29 is 4.79 Å². The van der Waals surface area contributed by atoms with E-state index in [0.717, 1.165) is 43.8 Å². The van der Waals surface area contributed by atoms with E-state index in [1.54, 1.807) is 0 Å². The first-order valence-electron chi connectivity index (χ1n) is 12.1. The third kappa shape index (κ3) is 4.29. The van der Waals surface area contributed by atoms with Crippen molar-refractivity contribution in [2.75, 3.05) is 29.1 Å². The standard InChI is InChI=1S/C29H32N2OS/c1-3-18-33-29(32)30-26-19-25-23(21-10-6-4-7-11-21)14-16-31-17-15-24(22-12-8-5-9-13-22)27(20(26)2)28(25)31/h4-13,19,23-24H,3,14-18H2,1-2H3,(H,30,32)/t23-,24-/m0/s1. The van der Waals surface area contributed by atoms with Crippen LogP contribution >= 0.6 is 11.8 Å². The summed E-state index contributed by atoms with van der Waals surface area (Å²) in [7, 11) is 0. The van der Waals surface area contributed by atoms with Gasteiger partial charge in [0.2, 0.25) is 0 Å². The number of anilines is 2. The predicted molar refractivity (Wildman–Crippen MR) is 141 cm³/mol. The smallest absolute Gasteiger partial charge is 0.283 e. The van der Waals surface area contributed by atoms with Crippen molar-refractivity contribution >= 4 is 28.4 Å². The lowest BCUT2D eigenvalue weighted by Crippen LogP contribution is -2.38. The van der Waals surface area contributed by atoms with Gasteiger partial charge in [-0.2, -0.15) is 0 Å². The summed E-state index contributed by atoms with van der Waals surface area (Å²) in [5.41, 5.74) is 9.10. The molecule has 3 aromatic carbocycles. The molecule has 0 saturated carbocycles. The maximum absolute atomic E-state index is 12.7. The number of amides is 1. The van der Waals surface area contributed by atoms with Crippen molar-refractivity contribution in [3.63, 3.8) is 0 Å². The molecule has 2 heterocycles. The van der Waals surface area contributed by atoms with Crippen LogP contribution in [0.2, 0.25) is 0 Å². The SMILES string of the molecule is CCCSC(=O)Nc1cc2c3c(c1C)[C@H](c1ccccc1)CCN3CC[C@H]2c1ccccc1. The Balaban J connectivity index is 1.67. The molecule has 3 nitrogen and oxygen atoms in total. The first-order chi connectivity index (χ1) is 16.2. The molecule has 4 heteroatoms. The van der Waals surface area contributed by atoms with Crippen LogP contribution in [-0.4, -0.2) is 24.1 Å². The second-order valence-corrected chi connectivity index (χ2v) is 10.2. The molecule has 0 aromatic heterocycles. The first-order valence-corrected chi connectivity index (χ1v) is 13.1. The summed E-state index contributed by atoms with van der Waals surface area (Å²) < 4.78 is 0.